The van der Waals surface area contributed by atoms with Crippen LogP contribution in [-0.4, -0.2) is 0 Å². The fraction of sp³-hybridized carbons (Fsp3) is 1.00. The Labute approximate surface area is 664 Å². The lowest BCUT2D eigenvalue weighted by Gasteiger charge is -2.64. The van der Waals surface area contributed by atoms with Gasteiger partial charge >= 0.3 is 0 Å². The third kappa shape index (κ3) is 64.5. The highest BCUT2D eigenvalue weighted by molar-refractivity contribution is 5.09. The predicted octanol–water partition coefficient (Wildman–Crippen LogP) is 40.4. The van der Waals surface area contributed by atoms with Crippen LogP contribution in [0.3, 0.4) is 0 Å². The molecule has 0 aromatic heterocycles. The lowest BCUT2D eigenvalue weighted by atomic mass is 9.41. The van der Waals surface area contributed by atoms with Gasteiger partial charge in [0.25, 0.3) is 0 Å². The van der Waals surface area contributed by atoms with Crippen LogP contribution in [0, 0.1) is 16.2 Å². The molecule has 0 fully saturated rings. The minimum absolute atomic E-state index is 0.456. The van der Waals surface area contributed by atoms with Gasteiger partial charge in [-0.2, -0.15) is 0 Å². The predicted molar refractivity (Wildman–Crippen MR) is 482 cm³/mol. The largest absolute Gasteiger partial charge is 0.0654 e. The highest BCUT2D eigenvalue weighted by Gasteiger charge is 2.59. The van der Waals surface area contributed by atoms with Crippen molar-refractivity contribution in [3.05, 3.63) is 0 Å². The number of hydrogen-bond acceptors (Lipinski definition) is 0. The zero-order valence-electron chi connectivity index (χ0n) is 75.3. The molecule has 0 amide bonds. The van der Waals surface area contributed by atoms with Crippen LogP contribution in [0.15, 0.2) is 0 Å². The molecule has 0 saturated carbocycles. The number of rotatable bonds is 95. The van der Waals surface area contributed by atoms with Crippen LogP contribution in [0.25, 0.3) is 0 Å². The van der Waals surface area contributed by atoms with Crippen molar-refractivity contribution >= 4 is 0 Å². The summed E-state index contributed by atoms with van der Waals surface area (Å²) in [5.74, 6) is 0. The molecule has 0 heterocycles. The smallest absolute Gasteiger partial charge is 0.0184 e. The van der Waals surface area contributed by atoms with Gasteiger partial charge < -0.3 is 0 Å². The van der Waals surface area contributed by atoms with Crippen molar-refractivity contribution in [1.82, 2.24) is 0 Å². The van der Waals surface area contributed by atoms with E-state index in [1.807, 2.05) is 0 Å². The quantitative estimate of drug-likeness (QED) is 0.0533. The first-order valence-electron chi connectivity index (χ1n) is 51.5. The first-order valence-corrected chi connectivity index (χ1v) is 51.5. The van der Waals surface area contributed by atoms with Crippen molar-refractivity contribution in [3.8, 4) is 0 Å². The minimum Gasteiger partial charge on any atom is -0.0654 e. The van der Waals surface area contributed by atoms with E-state index in [1.165, 1.54) is 546 Å². The molecule has 0 aromatic carbocycles. The van der Waals surface area contributed by atoms with Crippen LogP contribution in [0.4, 0.5) is 0 Å². The molecule has 0 bridgehead atoms. The molecule has 0 nitrogen and oxygen atoms in total. The average Bonchev–Trinajstić information content (AvgIpc) is 0.722. The zero-order chi connectivity index (χ0) is 75.3. The van der Waals surface area contributed by atoms with Crippen LogP contribution in [0.5, 0.6) is 0 Å². The summed E-state index contributed by atoms with van der Waals surface area (Å²) < 4.78 is 0. The maximum atomic E-state index is 2.52. The van der Waals surface area contributed by atoms with Crippen LogP contribution in [0.1, 0.15) is 653 Å². The van der Waals surface area contributed by atoms with Gasteiger partial charge in [-0.25, -0.2) is 0 Å². The SMILES string of the molecule is CCCCCCCCCCCCCCCCCCC(CCCCCCCCCCCCCC)(CCCCCCCCCCCCCCCC)C(CCCCCCCCCC)(CCCCCCCCCCCC)C(CCCCCC)(CCCCCCCC)CCCCCCCCCCCCCCCCC. The Hall–Kier alpha value is 0. The fourth-order valence-electron chi connectivity index (χ4n) is 20.4. The highest BCUT2D eigenvalue weighted by atomic mass is 14.6. The van der Waals surface area contributed by atoms with Gasteiger partial charge in [0.2, 0.25) is 0 Å². The van der Waals surface area contributed by atoms with Gasteiger partial charge in [0, 0.05) is 0 Å². The van der Waals surface area contributed by atoms with Crippen molar-refractivity contribution in [3.63, 3.8) is 0 Å². The van der Waals surface area contributed by atoms with Crippen molar-refractivity contribution in [2.24, 2.45) is 16.2 Å². The lowest BCUT2D eigenvalue weighted by molar-refractivity contribution is -0.140. The van der Waals surface area contributed by atoms with Crippen molar-refractivity contribution in [2.45, 2.75) is 653 Å². The molecular formula is C104H210. The van der Waals surface area contributed by atoms with Gasteiger partial charge in [0.05, 0.1) is 0 Å². The van der Waals surface area contributed by atoms with E-state index in [1.54, 1.807) is 51.4 Å². The van der Waals surface area contributed by atoms with Gasteiger partial charge in [0.15, 0.2) is 0 Å². The molecule has 0 aliphatic heterocycles. The maximum Gasteiger partial charge on any atom is -0.0184 e. The molecule has 0 saturated heterocycles. The lowest BCUT2D eigenvalue weighted by Crippen LogP contribution is -2.54. The van der Waals surface area contributed by atoms with E-state index in [2.05, 4.69) is 55.4 Å². The van der Waals surface area contributed by atoms with E-state index < -0.39 is 0 Å². The van der Waals surface area contributed by atoms with Crippen LogP contribution >= 0.6 is 0 Å². The fourth-order valence-corrected chi connectivity index (χ4v) is 20.4. The molecule has 0 aliphatic carbocycles. The molecule has 626 valence electrons. The topological polar surface area (TPSA) is 0 Å². The summed E-state index contributed by atoms with van der Waals surface area (Å²) in [6.07, 6.45) is 139. The molecule has 3 unspecified atom stereocenters. The van der Waals surface area contributed by atoms with Crippen molar-refractivity contribution < 1.29 is 0 Å². The van der Waals surface area contributed by atoms with Crippen molar-refractivity contribution in [1.29, 1.82) is 0 Å². The molecule has 0 radical (unpaired) electrons. The molecule has 0 aromatic rings. The van der Waals surface area contributed by atoms with Gasteiger partial charge in [-0.15, -0.1) is 0 Å². The average molecular weight is 1460 g/mol. The standard InChI is InChI=1S/C104H210/c1-9-17-25-33-40-46-51-55-58-60-63-67-71-76-83-91-99-103(97-89-81-73-68-64-54-49-43-36-28-20-12-4,98-90-82-75-69-65-61-57-53-48-42-35-27-19-11-3)104(100-92-84-77-45-38-30-22-14-6,101-93-85-78-72-50-44-37-29-21-13-5)102(94-86-32-24-16-8,95-87-79-39-31-23-15-7)96-88-80-74-70-66-62-59-56-52-47-41-34-26-18-10-2/h9-101H2,1-8H3. The molecule has 0 spiro atoms. The summed E-state index contributed by atoms with van der Waals surface area (Å²) in [7, 11) is 0. The second-order valence-corrected chi connectivity index (χ2v) is 36.9. The summed E-state index contributed by atoms with van der Waals surface area (Å²) in [5, 5.41) is 0. The Kier molecular flexibility index (Phi) is 87.0. The van der Waals surface area contributed by atoms with Crippen LogP contribution in [0.2, 0.25) is 0 Å². The first kappa shape index (κ1) is 104. The first-order chi connectivity index (χ1) is 51.5. The Bertz CT molecular complexity index is 1510. The van der Waals surface area contributed by atoms with E-state index in [-0.39, 0.29) is 0 Å². The molecule has 0 N–H and O–H groups in total. The summed E-state index contributed by atoms with van der Waals surface area (Å²) in [4.78, 5) is 0. The van der Waals surface area contributed by atoms with Crippen molar-refractivity contribution in [2.75, 3.05) is 0 Å². The van der Waals surface area contributed by atoms with Crippen LogP contribution in [-0.2, 0) is 0 Å². The molecule has 3 atom stereocenters. The maximum absolute atomic E-state index is 2.52. The van der Waals surface area contributed by atoms with Gasteiger partial charge in [-0.3, -0.25) is 0 Å². The molecule has 0 heteroatoms. The number of unbranched alkanes of at least 4 members (excludes halogenated alkanes) is 77. The third-order valence-electron chi connectivity index (χ3n) is 27.2. The van der Waals surface area contributed by atoms with E-state index in [0.717, 1.165) is 0 Å². The minimum atomic E-state index is 0.456. The highest BCUT2D eigenvalue weighted by Crippen LogP contribution is 2.69. The summed E-state index contributed by atoms with van der Waals surface area (Å²) in [6, 6.07) is 0. The Balaban J connectivity index is 8.06. The molecular weight excluding hydrogens is 1250 g/mol. The van der Waals surface area contributed by atoms with E-state index in [9.17, 15) is 0 Å². The Morgan fingerprint density at radius 3 is 0.269 bits per heavy atom. The summed E-state index contributed by atoms with van der Waals surface area (Å²) in [5.41, 5.74) is 1.41. The van der Waals surface area contributed by atoms with Gasteiger partial charge in [-0.1, -0.05) is 601 Å². The molecule has 0 aliphatic rings. The molecule has 104 heavy (non-hydrogen) atoms. The Morgan fingerprint density at radius 2 is 0.163 bits per heavy atom. The van der Waals surface area contributed by atoms with Gasteiger partial charge in [-0.05, 0) is 67.6 Å². The van der Waals surface area contributed by atoms with E-state index >= 15 is 0 Å². The van der Waals surface area contributed by atoms with Crippen LogP contribution < -0.4 is 0 Å². The Morgan fingerprint density at radius 1 is 0.0865 bits per heavy atom. The third-order valence-corrected chi connectivity index (χ3v) is 27.2. The van der Waals surface area contributed by atoms with E-state index in [0.29, 0.717) is 16.2 Å². The summed E-state index contributed by atoms with van der Waals surface area (Å²) in [6.45, 7) is 19.3. The zero-order valence-corrected chi connectivity index (χ0v) is 75.3. The van der Waals surface area contributed by atoms with Gasteiger partial charge in [0.1, 0.15) is 0 Å². The number of hydrogen-bond donors (Lipinski definition) is 0. The monoisotopic (exact) mass is 1460 g/mol. The second kappa shape index (κ2) is 87.0. The second-order valence-electron chi connectivity index (χ2n) is 36.9. The molecule has 0 rings (SSSR count). The van der Waals surface area contributed by atoms with E-state index in [4.69, 9.17) is 0 Å². The summed E-state index contributed by atoms with van der Waals surface area (Å²) >= 11 is 0. The normalized spacial score (nSPS) is 13.7.